The fourth-order valence-corrected chi connectivity index (χ4v) is 5.26. The van der Waals surface area contributed by atoms with E-state index in [1.807, 2.05) is 25.1 Å². The Morgan fingerprint density at radius 2 is 1.89 bits per heavy atom. The van der Waals surface area contributed by atoms with Crippen molar-refractivity contribution in [3.8, 4) is 0 Å². The van der Waals surface area contributed by atoms with E-state index in [1.165, 1.54) is 16.4 Å². The van der Waals surface area contributed by atoms with E-state index in [0.717, 1.165) is 24.1 Å². The van der Waals surface area contributed by atoms with Crippen LogP contribution < -0.4 is 0 Å². The number of carboxylic acid groups (broad SMARTS) is 1. The Morgan fingerprint density at radius 1 is 1.19 bits per heavy atom. The number of carbonyl (C=O) groups is 1. The van der Waals surface area contributed by atoms with Gasteiger partial charge in [-0.25, -0.2) is 12.8 Å². The van der Waals surface area contributed by atoms with Gasteiger partial charge in [0.15, 0.2) is 0 Å². The standard InChI is InChI=1S/C20H22FNO4S/c1-14-5-6-17(16-4-2-3-15(11-16)12-20(23)24)13-22(14)27(25,26)19-9-7-18(21)8-10-19/h2-4,7-11,14,17H,5-6,12-13H2,1H3,(H,23,24). The number of aliphatic carboxylic acids is 1. The molecule has 1 N–H and O–H groups in total. The summed E-state index contributed by atoms with van der Waals surface area (Å²) in [6.07, 6.45) is 1.47. The van der Waals surface area contributed by atoms with Gasteiger partial charge in [-0.2, -0.15) is 4.31 Å². The average Bonchev–Trinajstić information content (AvgIpc) is 2.62. The van der Waals surface area contributed by atoms with E-state index in [4.69, 9.17) is 5.11 Å². The molecule has 1 aliphatic heterocycles. The summed E-state index contributed by atoms with van der Waals surface area (Å²) in [6, 6.07) is 12.0. The zero-order chi connectivity index (χ0) is 19.6. The van der Waals surface area contributed by atoms with Gasteiger partial charge in [-0.1, -0.05) is 24.3 Å². The lowest BCUT2D eigenvalue weighted by molar-refractivity contribution is -0.136. The third-order valence-electron chi connectivity index (χ3n) is 5.02. The van der Waals surface area contributed by atoms with E-state index in [2.05, 4.69) is 0 Å². The molecule has 2 unspecified atom stereocenters. The van der Waals surface area contributed by atoms with Crippen molar-refractivity contribution in [2.45, 2.75) is 43.0 Å². The highest BCUT2D eigenvalue weighted by Gasteiger charge is 2.35. The van der Waals surface area contributed by atoms with Gasteiger partial charge in [-0.3, -0.25) is 4.79 Å². The fourth-order valence-electron chi connectivity index (χ4n) is 3.56. The second kappa shape index (κ2) is 7.78. The first-order valence-corrected chi connectivity index (χ1v) is 10.3. The van der Waals surface area contributed by atoms with Crippen LogP contribution in [0, 0.1) is 5.82 Å². The number of benzene rings is 2. The van der Waals surface area contributed by atoms with Crippen molar-refractivity contribution < 1.29 is 22.7 Å². The van der Waals surface area contributed by atoms with Gasteiger partial charge in [0.2, 0.25) is 10.0 Å². The zero-order valence-corrected chi connectivity index (χ0v) is 15.8. The van der Waals surface area contributed by atoms with E-state index in [-0.39, 0.29) is 23.3 Å². The minimum absolute atomic E-state index is 0.00910. The number of nitrogens with zero attached hydrogens (tertiary/aromatic N) is 1. The summed E-state index contributed by atoms with van der Waals surface area (Å²) in [6.45, 7) is 2.19. The smallest absolute Gasteiger partial charge is 0.307 e. The molecule has 2 aromatic rings. The quantitative estimate of drug-likeness (QED) is 0.848. The molecule has 1 fully saturated rings. The number of carboxylic acids is 1. The van der Waals surface area contributed by atoms with Crippen LogP contribution >= 0.6 is 0 Å². The highest BCUT2D eigenvalue weighted by molar-refractivity contribution is 7.89. The Morgan fingerprint density at radius 3 is 2.56 bits per heavy atom. The van der Waals surface area contributed by atoms with Crippen LogP contribution in [0.2, 0.25) is 0 Å². The Bertz CT molecular complexity index is 927. The van der Waals surface area contributed by atoms with E-state index < -0.39 is 21.8 Å². The maximum Gasteiger partial charge on any atom is 0.307 e. The number of hydrogen-bond acceptors (Lipinski definition) is 3. The molecular formula is C20H22FNO4S. The van der Waals surface area contributed by atoms with Crippen LogP contribution in [0.5, 0.6) is 0 Å². The second-order valence-corrected chi connectivity index (χ2v) is 8.86. The lowest BCUT2D eigenvalue weighted by Crippen LogP contribution is -2.44. The van der Waals surface area contributed by atoms with Crippen LogP contribution in [0.4, 0.5) is 4.39 Å². The molecule has 0 aromatic heterocycles. The molecule has 0 spiro atoms. The number of piperidine rings is 1. The normalized spacial score (nSPS) is 21.1. The molecule has 0 aliphatic carbocycles. The highest BCUT2D eigenvalue weighted by Crippen LogP contribution is 2.34. The molecule has 5 nitrogen and oxygen atoms in total. The van der Waals surface area contributed by atoms with E-state index >= 15 is 0 Å². The van der Waals surface area contributed by atoms with Crippen molar-refractivity contribution in [1.29, 1.82) is 0 Å². The summed E-state index contributed by atoms with van der Waals surface area (Å²) in [7, 11) is -3.73. The SMILES string of the molecule is CC1CCC(c2cccc(CC(=O)O)c2)CN1S(=O)(=O)c1ccc(F)cc1. The van der Waals surface area contributed by atoms with Crippen molar-refractivity contribution in [2.24, 2.45) is 0 Å². The first kappa shape index (κ1) is 19.5. The van der Waals surface area contributed by atoms with Crippen LogP contribution in [0.1, 0.15) is 36.8 Å². The Labute approximate surface area is 158 Å². The van der Waals surface area contributed by atoms with Gasteiger partial charge in [-0.05, 0) is 61.1 Å². The molecular weight excluding hydrogens is 369 g/mol. The third-order valence-corrected chi connectivity index (χ3v) is 7.02. The molecule has 144 valence electrons. The Hall–Kier alpha value is -2.25. The average molecular weight is 391 g/mol. The van der Waals surface area contributed by atoms with Gasteiger partial charge in [0.1, 0.15) is 5.82 Å². The number of halogens is 1. The Kier molecular flexibility index (Phi) is 5.62. The minimum Gasteiger partial charge on any atom is -0.481 e. The molecule has 1 aliphatic rings. The summed E-state index contributed by atoms with van der Waals surface area (Å²) in [5, 5.41) is 8.98. The maximum absolute atomic E-state index is 13.2. The van der Waals surface area contributed by atoms with Crippen molar-refractivity contribution in [2.75, 3.05) is 6.54 Å². The number of hydrogen-bond donors (Lipinski definition) is 1. The summed E-state index contributed by atoms with van der Waals surface area (Å²) in [5.41, 5.74) is 1.64. The fraction of sp³-hybridized carbons (Fsp3) is 0.350. The van der Waals surface area contributed by atoms with Crippen molar-refractivity contribution in [3.63, 3.8) is 0 Å². The van der Waals surface area contributed by atoms with Gasteiger partial charge in [0.25, 0.3) is 0 Å². The lowest BCUT2D eigenvalue weighted by Gasteiger charge is -2.37. The van der Waals surface area contributed by atoms with Gasteiger partial charge in [0, 0.05) is 12.6 Å². The molecule has 0 amide bonds. The molecule has 27 heavy (non-hydrogen) atoms. The topological polar surface area (TPSA) is 74.7 Å². The first-order valence-electron chi connectivity index (χ1n) is 8.85. The molecule has 7 heteroatoms. The molecule has 0 saturated carbocycles. The molecule has 1 saturated heterocycles. The highest BCUT2D eigenvalue weighted by atomic mass is 32.2. The van der Waals surface area contributed by atoms with E-state index in [0.29, 0.717) is 18.5 Å². The molecule has 3 rings (SSSR count). The van der Waals surface area contributed by atoms with Gasteiger partial charge < -0.3 is 5.11 Å². The van der Waals surface area contributed by atoms with Crippen LogP contribution in [-0.4, -0.2) is 36.4 Å². The Balaban J connectivity index is 1.86. The summed E-state index contributed by atoms with van der Waals surface area (Å²) in [5.74, 6) is -1.39. The van der Waals surface area contributed by atoms with Crippen LogP contribution in [-0.2, 0) is 21.2 Å². The number of sulfonamides is 1. The van der Waals surface area contributed by atoms with E-state index in [9.17, 15) is 17.6 Å². The predicted octanol–water partition coefficient (Wildman–Crippen LogP) is 3.41. The van der Waals surface area contributed by atoms with Gasteiger partial charge in [0.05, 0.1) is 11.3 Å². The molecule has 1 heterocycles. The molecule has 2 aromatic carbocycles. The summed E-state index contributed by atoms with van der Waals surface area (Å²) >= 11 is 0. The van der Waals surface area contributed by atoms with Crippen LogP contribution in [0.25, 0.3) is 0 Å². The largest absolute Gasteiger partial charge is 0.481 e. The third kappa shape index (κ3) is 4.36. The van der Waals surface area contributed by atoms with Crippen molar-refractivity contribution in [3.05, 3.63) is 65.5 Å². The summed E-state index contributed by atoms with van der Waals surface area (Å²) in [4.78, 5) is 11.0. The first-order chi connectivity index (χ1) is 12.8. The predicted molar refractivity (Wildman–Crippen MR) is 99.5 cm³/mol. The molecule has 2 atom stereocenters. The molecule has 0 radical (unpaired) electrons. The molecule has 0 bridgehead atoms. The maximum atomic E-state index is 13.2. The van der Waals surface area contributed by atoms with E-state index in [1.54, 1.807) is 6.07 Å². The van der Waals surface area contributed by atoms with Crippen molar-refractivity contribution in [1.82, 2.24) is 4.31 Å². The van der Waals surface area contributed by atoms with Gasteiger partial charge in [-0.15, -0.1) is 0 Å². The van der Waals surface area contributed by atoms with Crippen molar-refractivity contribution >= 4 is 16.0 Å². The van der Waals surface area contributed by atoms with Crippen LogP contribution in [0.15, 0.2) is 53.4 Å². The second-order valence-electron chi connectivity index (χ2n) is 6.97. The van der Waals surface area contributed by atoms with Gasteiger partial charge >= 0.3 is 5.97 Å². The number of rotatable bonds is 5. The van der Waals surface area contributed by atoms with Crippen LogP contribution in [0.3, 0.4) is 0 Å². The monoisotopic (exact) mass is 391 g/mol. The summed E-state index contributed by atoms with van der Waals surface area (Å²) < 4.78 is 40.7. The minimum atomic E-state index is -3.73. The lowest BCUT2D eigenvalue weighted by atomic mass is 9.88. The zero-order valence-electron chi connectivity index (χ0n) is 15.0.